The molecular weight excluding hydrogens is 320 g/mol. The van der Waals surface area contributed by atoms with Crippen LogP contribution in [0.3, 0.4) is 0 Å². The minimum absolute atomic E-state index is 1.26. The highest BCUT2D eigenvalue weighted by atomic mass is 28.3. The Bertz CT molecular complexity index is 655. The second-order valence-electron chi connectivity index (χ2n) is 7.85. The lowest BCUT2D eigenvalue weighted by Crippen LogP contribution is -2.47. The molecule has 128 valence electrons. The van der Waals surface area contributed by atoms with Crippen molar-refractivity contribution in [1.29, 1.82) is 0 Å². The Labute approximate surface area is 150 Å². The van der Waals surface area contributed by atoms with Gasteiger partial charge < -0.3 is 0 Å². The summed E-state index contributed by atoms with van der Waals surface area (Å²) in [6, 6.07) is 22.3. The van der Waals surface area contributed by atoms with Crippen LogP contribution in [-0.2, 0) is 0 Å². The van der Waals surface area contributed by atoms with Gasteiger partial charge in [0.2, 0.25) is 0 Å². The molecule has 0 aliphatic carbocycles. The first-order valence-corrected chi connectivity index (χ1v) is 15.3. The van der Waals surface area contributed by atoms with Gasteiger partial charge in [-0.25, -0.2) is 0 Å². The molecule has 0 spiro atoms. The summed E-state index contributed by atoms with van der Waals surface area (Å²) in [6.45, 7) is 12.3. The zero-order valence-corrected chi connectivity index (χ0v) is 18.0. The average molecular weight is 353 g/mol. The van der Waals surface area contributed by atoms with Gasteiger partial charge in [0.1, 0.15) is 16.1 Å². The van der Waals surface area contributed by atoms with Gasteiger partial charge in [-0.05, 0) is 6.42 Å². The molecule has 2 rings (SSSR count). The summed E-state index contributed by atoms with van der Waals surface area (Å²) in [4.78, 5) is 0. The fraction of sp³-hybridized carbons (Fsp3) is 0.364. The van der Waals surface area contributed by atoms with Gasteiger partial charge in [0.25, 0.3) is 0 Å². The van der Waals surface area contributed by atoms with E-state index >= 15 is 0 Å². The highest BCUT2D eigenvalue weighted by Gasteiger charge is 2.31. The normalized spacial score (nSPS) is 13.1. The maximum absolute atomic E-state index is 2.72. The van der Waals surface area contributed by atoms with E-state index in [2.05, 4.69) is 99.5 Å². The fourth-order valence-electron chi connectivity index (χ4n) is 3.36. The number of unbranched alkanes of at least 4 members (excludes halogenated alkanes) is 1. The second-order valence-corrected chi connectivity index (χ2v) is 16.6. The fourth-order valence-corrected chi connectivity index (χ4v) is 10.3. The molecule has 0 amide bonds. The number of benzene rings is 2. The molecule has 0 aliphatic rings. The molecule has 0 heterocycles. The van der Waals surface area contributed by atoms with E-state index in [0.717, 1.165) is 0 Å². The van der Waals surface area contributed by atoms with E-state index < -0.39 is 16.1 Å². The Morgan fingerprint density at radius 3 is 1.79 bits per heavy atom. The van der Waals surface area contributed by atoms with Crippen molar-refractivity contribution in [3.05, 3.63) is 71.6 Å². The first-order chi connectivity index (χ1) is 11.4. The molecule has 0 N–H and O–H groups in total. The lowest BCUT2D eigenvalue weighted by atomic mass is 10.2. The van der Waals surface area contributed by atoms with Gasteiger partial charge in [0.15, 0.2) is 0 Å². The molecule has 0 saturated heterocycles. The van der Waals surface area contributed by atoms with Crippen LogP contribution in [0.1, 0.15) is 26.2 Å². The first kappa shape index (κ1) is 18.9. The summed E-state index contributed by atoms with van der Waals surface area (Å²) < 4.78 is 0. The van der Waals surface area contributed by atoms with Gasteiger partial charge in [-0.3, -0.25) is 0 Å². The van der Waals surface area contributed by atoms with E-state index in [1.807, 2.05) is 0 Å². The van der Waals surface area contributed by atoms with Crippen molar-refractivity contribution in [1.82, 2.24) is 0 Å². The number of allylic oxidation sites excluding steroid dienone is 1. The highest BCUT2D eigenvalue weighted by molar-refractivity contribution is 6.99. The van der Waals surface area contributed by atoms with Gasteiger partial charge in [-0.15, -0.1) is 0 Å². The molecule has 2 aromatic rings. The molecular formula is C22H32Si2. The molecule has 24 heavy (non-hydrogen) atoms. The molecule has 0 aromatic heterocycles. The second kappa shape index (κ2) is 8.13. The smallest absolute Gasteiger partial charge is 0.0946 e. The predicted octanol–water partition coefficient (Wildman–Crippen LogP) is 5.41. The zero-order valence-electron chi connectivity index (χ0n) is 16.0. The van der Waals surface area contributed by atoms with Crippen molar-refractivity contribution in [3.8, 4) is 0 Å². The molecule has 0 saturated carbocycles. The lowest BCUT2D eigenvalue weighted by molar-refractivity contribution is 0.804. The highest BCUT2D eigenvalue weighted by Crippen LogP contribution is 2.24. The largest absolute Gasteiger partial charge is 0.106 e. The Hall–Kier alpha value is -1.39. The maximum atomic E-state index is 2.72. The SMILES string of the molecule is CCCC/C(=C/[Si](C)(C)c1ccccc1)[Si](C)(C)c1ccccc1. The molecule has 0 unspecified atom stereocenters. The molecule has 0 radical (unpaired) electrons. The van der Waals surface area contributed by atoms with E-state index in [0.29, 0.717) is 0 Å². The minimum Gasteiger partial charge on any atom is -0.0946 e. The lowest BCUT2D eigenvalue weighted by Gasteiger charge is -2.30. The number of hydrogen-bond donors (Lipinski definition) is 0. The first-order valence-electron chi connectivity index (χ1n) is 9.21. The summed E-state index contributed by atoms with van der Waals surface area (Å²) >= 11 is 0. The van der Waals surface area contributed by atoms with Gasteiger partial charge >= 0.3 is 0 Å². The molecule has 0 atom stereocenters. The summed E-state index contributed by atoms with van der Waals surface area (Å²) in [5, 5.41) is 4.85. The zero-order chi connectivity index (χ0) is 17.6. The van der Waals surface area contributed by atoms with Crippen molar-refractivity contribution in [2.24, 2.45) is 0 Å². The van der Waals surface area contributed by atoms with Crippen LogP contribution in [0.25, 0.3) is 0 Å². The third kappa shape index (κ3) is 4.58. The third-order valence-corrected chi connectivity index (χ3v) is 12.1. The Balaban J connectivity index is 2.44. The van der Waals surface area contributed by atoms with Crippen molar-refractivity contribution in [3.63, 3.8) is 0 Å². The molecule has 0 fully saturated rings. The van der Waals surface area contributed by atoms with E-state index in [4.69, 9.17) is 0 Å². The summed E-state index contributed by atoms with van der Waals surface area (Å²) in [7, 11) is -3.16. The van der Waals surface area contributed by atoms with Crippen LogP contribution in [0, 0.1) is 0 Å². The Morgan fingerprint density at radius 2 is 1.29 bits per heavy atom. The van der Waals surface area contributed by atoms with Crippen molar-refractivity contribution in [2.75, 3.05) is 0 Å². The van der Waals surface area contributed by atoms with Gasteiger partial charge in [0.05, 0.1) is 0 Å². The topological polar surface area (TPSA) is 0 Å². The van der Waals surface area contributed by atoms with Crippen molar-refractivity contribution in [2.45, 2.75) is 52.4 Å². The van der Waals surface area contributed by atoms with E-state index in [1.54, 1.807) is 10.4 Å². The molecule has 2 aromatic carbocycles. The van der Waals surface area contributed by atoms with Crippen LogP contribution in [0.5, 0.6) is 0 Å². The Morgan fingerprint density at radius 1 is 0.792 bits per heavy atom. The molecule has 0 aliphatic heterocycles. The summed E-state index contributed by atoms with van der Waals surface area (Å²) in [5.41, 5.74) is 2.72. The molecule has 0 bridgehead atoms. The van der Waals surface area contributed by atoms with E-state index in [-0.39, 0.29) is 0 Å². The van der Waals surface area contributed by atoms with Crippen LogP contribution in [0.2, 0.25) is 26.2 Å². The van der Waals surface area contributed by atoms with Gasteiger partial charge in [0, 0.05) is 0 Å². The standard InChI is InChI=1S/C22H32Si2/c1-6-7-14-22(24(4,5)21-17-12-9-13-18-21)19-23(2,3)20-15-10-8-11-16-20/h8-13,15-19H,6-7,14H2,1-5H3/b22-19-. The van der Waals surface area contributed by atoms with Crippen molar-refractivity contribution < 1.29 is 0 Å². The summed E-state index contributed by atoms with van der Waals surface area (Å²) in [5.74, 6) is 0. The van der Waals surface area contributed by atoms with Crippen LogP contribution >= 0.6 is 0 Å². The minimum atomic E-state index is -1.59. The third-order valence-electron chi connectivity index (χ3n) is 5.15. The van der Waals surface area contributed by atoms with E-state index in [1.165, 1.54) is 24.4 Å². The predicted molar refractivity (Wildman–Crippen MR) is 115 cm³/mol. The van der Waals surface area contributed by atoms with Gasteiger partial charge in [-0.2, -0.15) is 0 Å². The Kier molecular flexibility index (Phi) is 6.42. The summed E-state index contributed by atoms with van der Waals surface area (Å²) in [6.07, 6.45) is 3.83. The monoisotopic (exact) mass is 352 g/mol. The van der Waals surface area contributed by atoms with Gasteiger partial charge in [-0.1, -0.05) is 128 Å². The van der Waals surface area contributed by atoms with Crippen LogP contribution in [0.4, 0.5) is 0 Å². The molecule has 2 heteroatoms. The van der Waals surface area contributed by atoms with E-state index in [9.17, 15) is 0 Å². The average Bonchev–Trinajstić information content (AvgIpc) is 2.60. The molecule has 0 nitrogen and oxygen atoms in total. The quantitative estimate of drug-likeness (QED) is 0.584. The van der Waals surface area contributed by atoms with Crippen LogP contribution < -0.4 is 10.4 Å². The van der Waals surface area contributed by atoms with Crippen LogP contribution in [0.15, 0.2) is 71.6 Å². The van der Waals surface area contributed by atoms with Crippen molar-refractivity contribution >= 4 is 26.5 Å². The number of rotatable bonds is 7. The number of hydrogen-bond acceptors (Lipinski definition) is 0. The maximum Gasteiger partial charge on any atom is 0.106 e. The van der Waals surface area contributed by atoms with Crippen LogP contribution in [-0.4, -0.2) is 16.1 Å².